The van der Waals surface area contributed by atoms with Crippen LogP contribution in [0.3, 0.4) is 0 Å². The highest BCUT2D eigenvalue weighted by Crippen LogP contribution is 2.21. The number of hydrogen-bond donors (Lipinski definition) is 4. The third kappa shape index (κ3) is 10.3. The summed E-state index contributed by atoms with van der Waals surface area (Å²) in [6.07, 6.45) is 5.61. The standard InChI is InChI=1S/C14H16N2O3.C14H14N2O3.2C2H6/c2*1-9(17)16-13(14(18)19-2)7-10-8-15-12-6-4-3-5-11(10)12;2*1-2/h3-6,8,13,15H,7H2,1-2H3,(H,16,17);3-8,15H,1-2H3,(H,16,17);2*1-2H3/b;13-7-;;/t13-;;;/m0.../s1. The summed E-state index contributed by atoms with van der Waals surface area (Å²) >= 11 is 0. The summed E-state index contributed by atoms with van der Waals surface area (Å²) in [7, 11) is 2.58. The van der Waals surface area contributed by atoms with E-state index in [9.17, 15) is 19.2 Å². The fourth-order valence-corrected chi connectivity index (χ4v) is 3.92. The van der Waals surface area contributed by atoms with Crippen molar-refractivity contribution in [2.75, 3.05) is 14.2 Å². The number of aromatic nitrogens is 2. The Morgan fingerprint density at radius 1 is 0.786 bits per heavy atom. The van der Waals surface area contributed by atoms with E-state index in [2.05, 4.69) is 25.3 Å². The summed E-state index contributed by atoms with van der Waals surface area (Å²) in [4.78, 5) is 51.7. The van der Waals surface area contributed by atoms with Crippen molar-refractivity contribution in [3.8, 4) is 0 Å². The number of hydrogen-bond acceptors (Lipinski definition) is 6. The van der Waals surface area contributed by atoms with Gasteiger partial charge in [0.05, 0.1) is 14.2 Å². The Morgan fingerprint density at radius 2 is 1.33 bits per heavy atom. The molecule has 2 aromatic carbocycles. The summed E-state index contributed by atoms with van der Waals surface area (Å²) in [5.74, 6) is -1.60. The quantitative estimate of drug-likeness (QED) is 0.174. The minimum atomic E-state index is -0.665. The second kappa shape index (κ2) is 18.5. The van der Waals surface area contributed by atoms with Gasteiger partial charge in [0.15, 0.2) is 0 Å². The second-order valence-corrected chi connectivity index (χ2v) is 8.36. The van der Waals surface area contributed by atoms with Crippen LogP contribution in [-0.4, -0.2) is 54.0 Å². The first kappa shape index (κ1) is 35.2. The smallest absolute Gasteiger partial charge is 0.354 e. The minimum absolute atomic E-state index is 0.111. The zero-order valence-electron chi connectivity index (χ0n) is 25.6. The largest absolute Gasteiger partial charge is 0.467 e. The number of benzene rings is 2. The van der Waals surface area contributed by atoms with E-state index in [-0.39, 0.29) is 17.5 Å². The molecule has 10 nitrogen and oxygen atoms in total. The third-order valence-electron chi connectivity index (χ3n) is 5.60. The van der Waals surface area contributed by atoms with Gasteiger partial charge in [0.2, 0.25) is 11.8 Å². The monoisotopic (exact) mass is 578 g/mol. The predicted molar refractivity (Wildman–Crippen MR) is 166 cm³/mol. The Hall–Kier alpha value is -4.86. The number of ether oxygens (including phenoxy) is 2. The molecule has 4 N–H and O–H groups in total. The molecule has 0 aliphatic heterocycles. The molecule has 0 saturated carbocycles. The van der Waals surface area contributed by atoms with Gasteiger partial charge >= 0.3 is 11.9 Å². The Labute approximate surface area is 246 Å². The number of fused-ring (bicyclic) bond motifs is 2. The molecule has 0 saturated heterocycles. The number of carbonyl (C=O) groups excluding carboxylic acids is 4. The fraction of sp³-hybridized carbons (Fsp3) is 0.312. The highest BCUT2D eigenvalue weighted by atomic mass is 16.5. The number of methoxy groups -OCH3 is 2. The molecule has 2 amide bonds. The maximum absolute atomic E-state index is 11.7. The highest BCUT2D eigenvalue weighted by molar-refractivity contribution is 6.00. The van der Waals surface area contributed by atoms with Gasteiger partial charge in [-0.15, -0.1) is 0 Å². The van der Waals surface area contributed by atoms with E-state index in [1.807, 2.05) is 82.4 Å². The van der Waals surface area contributed by atoms with E-state index in [0.29, 0.717) is 6.42 Å². The zero-order valence-corrected chi connectivity index (χ0v) is 25.6. The van der Waals surface area contributed by atoms with Crippen molar-refractivity contribution in [2.45, 2.75) is 54.0 Å². The first-order chi connectivity index (χ1) is 20.2. The lowest BCUT2D eigenvalue weighted by Gasteiger charge is -2.14. The summed E-state index contributed by atoms with van der Waals surface area (Å²) in [6.45, 7) is 10.7. The van der Waals surface area contributed by atoms with Crippen molar-refractivity contribution in [2.24, 2.45) is 0 Å². The average molecular weight is 579 g/mol. The molecule has 10 heteroatoms. The van der Waals surface area contributed by atoms with Gasteiger partial charge in [-0.2, -0.15) is 0 Å². The van der Waals surface area contributed by atoms with Gasteiger partial charge in [0.25, 0.3) is 0 Å². The predicted octanol–water partition coefficient (Wildman–Crippen LogP) is 5.26. The van der Waals surface area contributed by atoms with Gasteiger partial charge < -0.3 is 30.1 Å². The summed E-state index contributed by atoms with van der Waals surface area (Å²) in [5, 5.41) is 7.08. The average Bonchev–Trinajstić information content (AvgIpc) is 3.61. The number of aromatic amines is 2. The van der Waals surface area contributed by atoms with Crippen molar-refractivity contribution in [1.29, 1.82) is 0 Å². The minimum Gasteiger partial charge on any atom is -0.467 e. The lowest BCUT2D eigenvalue weighted by Crippen LogP contribution is -2.41. The van der Waals surface area contributed by atoms with Crippen LogP contribution in [0.5, 0.6) is 0 Å². The third-order valence-corrected chi connectivity index (χ3v) is 5.60. The molecule has 226 valence electrons. The molecule has 4 rings (SSSR count). The number of carbonyl (C=O) groups is 4. The molecule has 0 unspecified atom stereocenters. The van der Waals surface area contributed by atoms with Crippen LogP contribution in [0.1, 0.15) is 52.7 Å². The summed E-state index contributed by atoms with van der Waals surface area (Å²) in [6, 6.07) is 14.8. The molecular formula is C32H42N4O6. The maximum atomic E-state index is 11.7. The number of amides is 2. The van der Waals surface area contributed by atoms with E-state index in [0.717, 1.165) is 32.9 Å². The van der Waals surface area contributed by atoms with Crippen LogP contribution in [0.2, 0.25) is 0 Å². The molecule has 0 bridgehead atoms. The first-order valence-electron chi connectivity index (χ1n) is 13.8. The molecule has 0 radical (unpaired) electrons. The van der Waals surface area contributed by atoms with Crippen LogP contribution in [0, 0.1) is 0 Å². The first-order valence-corrected chi connectivity index (χ1v) is 13.8. The second-order valence-electron chi connectivity index (χ2n) is 8.36. The molecular weight excluding hydrogens is 536 g/mol. The molecule has 0 aliphatic rings. The van der Waals surface area contributed by atoms with E-state index in [1.165, 1.54) is 28.1 Å². The van der Waals surface area contributed by atoms with Crippen LogP contribution in [-0.2, 0) is 35.1 Å². The van der Waals surface area contributed by atoms with Gasteiger partial charge in [-0.3, -0.25) is 9.59 Å². The molecule has 0 spiro atoms. The molecule has 42 heavy (non-hydrogen) atoms. The van der Waals surface area contributed by atoms with E-state index in [1.54, 1.807) is 12.3 Å². The van der Waals surface area contributed by atoms with E-state index >= 15 is 0 Å². The molecule has 4 aromatic rings. The highest BCUT2D eigenvalue weighted by Gasteiger charge is 2.21. The Kier molecular flexibility index (Phi) is 15.5. The Balaban J connectivity index is 0.000000376. The number of nitrogens with one attached hydrogen (secondary N) is 4. The lowest BCUT2D eigenvalue weighted by molar-refractivity contribution is -0.144. The fourth-order valence-electron chi connectivity index (χ4n) is 3.92. The van der Waals surface area contributed by atoms with Crippen LogP contribution >= 0.6 is 0 Å². The van der Waals surface area contributed by atoms with Crippen LogP contribution in [0.25, 0.3) is 27.9 Å². The topological polar surface area (TPSA) is 142 Å². The molecule has 0 aliphatic carbocycles. The number of rotatable bonds is 7. The van der Waals surface area contributed by atoms with Gasteiger partial charge in [-0.05, 0) is 23.8 Å². The van der Waals surface area contributed by atoms with Gasteiger partial charge in [0.1, 0.15) is 11.7 Å². The van der Waals surface area contributed by atoms with Crippen molar-refractivity contribution in [3.63, 3.8) is 0 Å². The molecule has 1 atom stereocenters. The van der Waals surface area contributed by atoms with Crippen molar-refractivity contribution in [1.82, 2.24) is 20.6 Å². The molecule has 0 fully saturated rings. The van der Waals surface area contributed by atoms with E-state index < -0.39 is 18.0 Å². The van der Waals surface area contributed by atoms with Crippen LogP contribution in [0.4, 0.5) is 0 Å². The SMILES string of the molecule is CC.CC.COC(=O)/C(=C/c1c[nH]c2ccccc12)NC(C)=O.COC(=O)[C@H](Cc1c[nH]c2ccccc12)NC(C)=O. The van der Waals surface area contributed by atoms with Crippen molar-refractivity contribution < 1.29 is 28.7 Å². The maximum Gasteiger partial charge on any atom is 0.354 e. The van der Waals surface area contributed by atoms with Crippen molar-refractivity contribution in [3.05, 3.63) is 77.7 Å². The summed E-state index contributed by atoms with van der Waals surface area (Å²) in [5.41, 5.74) is 3.86. The Morgan fingerprint density at radius 3 is 1.88 bits per heavy atom. The Bertz CT molecular complexity index is 1480. The zero-order chi connectivity index (χ0) is 31.7. The van der Waals surface area contributed by atoms with Gasteiger partial charge in [-0.25, -0.2) is 9.59 Å². The van der Waals surface area contributed by atoms with Crippen molar-refractivity contribution >= 4 is 51.6 Å². The number of para-hydroxylation sites is 2. The van der Waals surface area contributed by atoms with Crippen LogP contribution < -0.4 is 10.6 Å². The van der Waals surface area contributed by atoms with Crippen LogP contribution in [0.15, 0.2) is 66.6 Å². The summed E-state index contributed by atoms with van der Waals surface area (Å²) < 4.78 is 9.35. The molecule has 2 aromatic heterocycles. The van der Waals surface area contributed by atoms with E-state index in [4.69, 9.17) is 4.74 Å². The normalized spacial score (nSPS) is 10.9. The number of H-pyrrole nitrogens is 2. The number of esters is 2. The molecule has 2 heterocycles. The lowest BCUT2D eigenvalue weighted by atomic mass is 10.1. The van der Waals surface area contributed by atoms with Gasteiger partial charge in [0, 0.05) is 60.0 Å². The van der Waals surface area contributed by atoms with Gasteiger partial charge in [-0.1, -0.05) is 64.1 Å².